The molecule has 19 heavy (non-hydrogen) atoms. The lowest BCUT2D eigenvalue weighted by Gasteiger charge is -2.21. The van der Waals surface area contributed by atoms with Crippen LogP contribution >= 0.6 is 0 Å². The molecule has 0 bridgehead atoms. The zero-order valence-electron chi connectivity index (χ0n) is 10.5. The highest BCUT2D eigenvalue weighted by atomic mass is 19.1. The van der Waals surface area contributed by atoms with Crippen LogP contribution in [0.25, 0.3) is 0 Å². The number of hydrogen-bond donors (Lipinski definition) is 1. The highest BCUT2D eigenvalue weighted by molar-refractivity contribution is 5.65. The van der Waals surface area contributed by atoms with E-state index in [-0.39, 0.29) is 0 Å². The first kappa shape index (κ1) is 12.8. The molecular formula is C14H13FN4. The molecule has 0 aliphatic rings. The fourth-order valence-electron chi connectivity index (χ4n) is 1.83. The molecule has 96 valence electrons. The van der Waals surface area contributed by atoms with Gasteiger partial charge in [0.25, 0.3) is 0 Å². The minimum atomic E-state index is -0.390. The average Bonchev–Trinajstić information content (AvgIpc) is 2.41. The van der Waals surface area contributed by atoms with Gasteiger partial charge in [0.1, 0.15) is 5.82 Å². The Balaban J connectivity index is 2.22. The molecule has 2 N–H and O–H groups in total. The number of nitrogens with two attached hydrogens (primary N) is 1. The van der Waals surface area contributed by atoms with Gasteiger partial charge in [-0.25, -0.2) is 4.39 Å². The smallest absolute Gasteiger partial charge is 0.129 e. The van der Waals surface area contributed by atoms with Crippen molar-refractivity contribution in [3.05, 3.63) is 53.6 Å². The minimum Gasteiger partial charge on any atom is -0.396 e. The number of rotatable bonds is 3. The van der Waals surface area contributed by atoms with Crippen molar-refractivity contribution in [2.24, 2.45) is 0 Å². The molecule has 0 atom stereocenters. The SMILES string of the molecule is CN(Cc1ccc(C#N)cc1F)c1ccncc1N. The van der Waals surface area contributed by atoms with Crippen molar-refractivity contribution in [2.75, 3.05) is 17.7 Å². The third-order valence-electron chi connectivity index (χ3n) is 2.83. The van der Waals surface area contributed by atoms with Crippen LogP contribution in [-0.2, 0) is 6.54 Å². The fourth-order valence-corrected chi connectivity index (χ4v) is 1.83. The Morgan fingerprint density at radius 3 is 2.84 bits per heavy atom. The second-order valence-corrected chi connectivity index (χ2v) is 4.21. The van der Waals surface area contributed by atoms with Gasteiger partial charge in [-0.3, -0.25) is 4.98 Å². The largest absolute Gasteiger partial charge is 0.396 e. The highest BCUT2D eigenvalue weighted by Crippen LogP contribution is 2.22. The number of nitriles is 1. The van der Waals surface area contributed by atoms with Crippen LogP contribution in [0.15, 0.2) is 36.7 Å². The molecule has 0 fully saturated rings. The summed E-state index contributed by atoms with van der Waals surface area (Å²) in [5.41, 5.74) is 7.97. The molecule has 0 saturated carbocycles. The van der Waals surface area contributed by atoms with Gasteiger partial charge in [0.05, 0.1) is 29.2 Å². The fraction of sp³-hybridized carbons (Fsp3) is 0.143. The van der Waals surface area contributed by atoms with Crippen molar-refractivity contribution >= 4 is 11.4 Å². The number of halogens is 1. The summed E-state index contributed by atoms with van der Waals surface area (Å²) >= 11 is 0. The Labute approximate surface area is 110 Å². The van der Waals surface area contributed by atoms with Crippen LogP contribution in [0.2, 0.25) is 0 Å². The normalized spacial score (nSPS) is 9.95. The summed E-state index contributed by atoms with van der Waals surface area (Å²) in [4.78, 5) is 5.75. The van der Waals surface area contributed by atoms with Gasteiger partial charge < -0.3 is 10.6 Å². The van der Waals surface area contributed by atoms with Crippen LogP contribution in [0, 0.1) is 17.1 Å². The molecular weight excluding hydrogens is 243 g/mol. The summed E-state index contributed by atoms with van der Waals surface area (Å²) in [6.45, 7) is 0.367. The van der Waals surface area contributed by atoms with Crippen LogP contribution in [0.1, 0.15) is 11.1 Å². The van der Waals surface area contributed by atoms with E-state index in [1.54, 1.807) is 30.6 Å². The van der Waals surface area contributed by atoms with Gasteiger partial charge in [-0.05, 0) is 18.2 Å². The van der Waals surface area contributed by atoms with E-state index >= 15 is 0 Å². The average molecular weight is 256 g/mol. The van der Waals surface area contributed by atoms with E-state index in [0.29, 0.717) is 23.4 Å². The number of hydrogen-bond acceptors (Lipinski definition) is 4. The van der Waals surface area contributed by atoms with E-state index in [0.717, 1.165) is 5.69 Å². The lowest BCUT2D eigenvalue weighted by molar-refractivity contribution is 0.607. The number of benzene rings is 1. The Morgan fingerprint density at radius 1 is 1.42 bits per heavy atom. The molecule has 1 aromatic heterocycles. The third kappa shape index (κ3) is 2.80. The molecule has 2 aromatic rings. The van der Waals surface area contributed by atoms with E-state index in [4.69, 9.17) is 11.0 Å². The molecule has 4 nitrogen and oxygen atoms in total. The quantitative estimate of drug-likeness (QED) is 0.915. The number of pyridine rings is 1. The molecule has 0 amide bonds. The topological polar surface area (TPSA) is 65.9 Å². The summed E-state index contributed by atoms with van der Waals surface area (Å²) in [6, 6.07) is 8.13. The molecule has 2 rings (SSSR count). The molecule has 0 aliphatic heterocycles. The Bertz CT molecular complexity index is 634. The zero-order valence-corrected chi connectivity index (χ0v) is 10.5. The van der Waals surface area contributed by atoms with Gasteiger partial charge in [0.15, 0.2) is 0 Å². The minimum absolute atomic E-state index is 0.312. The van der Waals surface area contributed by atoms with Crippen LogP contribution in [0.3, 0.4) is 0 Å². The molecule has 0 spiro atoms. The van der Waals surface area contributed by atoms with Gasteiger partial charge >= 0.3 is 0 Å². The van der Waals surface area contributed by atoms with Gasteiger partial charge in [-0.15, -0.1) is 0 Å². The van der Waals surface area contributed by atoms with Crippen molar-refractivity contribution in [1.29, 1.82) is 5.26 Å². The molecule has 1 heterocycles. The number of nitrogen functional groups attached to an aromatic ring is 1. The summed E-state index contributed by atoms with van der Waals surface area (Å²) < 4.78 is 13.8. The first-order chi connectivity index (χ1) is 9.11. The summed E-state index contributed by atoms with van der Waals surface area (Å²) in [5, 5.41) is 8.70. The number of nitrogens with zero attached hydrogens (tertiary/aromatic N) is 3. The van der Waals surface area contributed by atoms with Gasteiger partial charge in [-0.2, -0.15) is 5.26 Å². The second kappa shape index (κ2) is 5.36. The Hall–Kier alpha value is -2.61. The van der Waals surface area contributed by atoms with Gasteiger partial charge in [0, 0.05) is 25.4 Å². The highest BCUT2D eigenvalue weighted by Gasteiger charge is 2.09. The van der Waals surface area contributed by atoms with Gasteiger partial charge in [-0.1, -0.05) is 6.07 Å². The van der Waals surface area contributed by atoms with E-state index in [1.807, 2.05) is 18.0 Å². The van der Waals surface area contributed by atoms with E-state index in [1.165, 1.54) is 6.07 Å². The predicted molar refractivity (Wildman–Crippen MR) is 71.9 cm³/mol. The van der Waals surface area contributed by atoms with E-state index < -0.39 is 5.82 Å². The van der Waals surface area contributed by atoms with E-state index in [9.17, 15) is 4.39 Å². The maximum Gasteiger partial charge on any atom is 0.129 e. The zero-order chi connectivity index (χ0) is 13.8. The lowest BCUT2D eigenvalue weighted by Crippen LogP contribution is -2.18. The predicted octanol–water partition coefficient (Wildman–Crippen LogP) is 2.31. The monoisotopic (exact) mass is 256 g/mol. The van der Waals surface area contributed by atoms with Crippen LogP contribution in [0.5, 0.6) is 0 Å². The van der Waals surface area contributed by atoms with Crippen molar-refractivity contribution in [3.63, 3.8) is 0 Å². The van der Waals surface area contributed by atoms with Crippen molar-refractivity contribution < 1.29 is 4.39 Å². The molecule has 0 radical (unpaired) electrons. The number of anilines is 2. The Morgan fingerprint density at radius 2 is 2.21 bits per heavy atom. The maximum absolute atomic E-state index is 13.8. The molecule has 0 unspecified atom stereocenters. The second-order valence-electron chi connectivity index (χ2n) is 4.21. The third-order valence-corrected chi connectivity index (χ3v) is 2.83. The standard InChI is InChI=1S/C14H13FN4/c1-19(14-4-5-18-8-13(14)17)9-11-3-2-10(7-16)6-12(11)15/h2-6,8H,9,17H2,1H3. The molecule has 0 aliphatic carbocycles. The Kier molecular flexibility index (Phi) is 3.62. The molecule has 0 saturated heterocycles. The van der Waals surface area contributed by atoms with Crippen molar-refractivity contribution in [2.45, 2.75) is 6.54 Å². The van der Waals surface area contributed by atoms with Gasteiger partial charge in [0.2, 0.25) is 0 Å². The first-order valence-corrected chi connectivity index (χ1v) is 5.71. The van der Waals surface area contributed by atoms with Crippen LogP contribution in [0.4, 0.5) is 15.8 Å². The molecule has 5 heteroatoms. The summed E-state index contributed by atoms with van der Waals surface area (Å²) in [6.07, 6.45) is 3.19. The summed E-state index contributed by atoms with van der Waals surface area (Å²) in [5.74, 6) is -0.390. The van der Waals surface area contributed by atoms with Crippen LogP contribution in [-0.4, -0.2) is 12.0 Å². The first-order valence-electron chi connectivity index (χ1n) is 5.71. The number of aromatic nitrogens is 1. The van der Waals surface area contributed by atoms with Crippen molar-refractivity contribution in [1.82, 2.24) is 4.98 Å². The van der Waals surface area contributed by atoms with Crippen LogP contribution < -0.4 is 10.6 Å². The molecule has 1 aromatic carbocycles. The summed E-state index contributed by atoms with van der Waals surface area (Å²) in [7, 11) is 1.82. The van der Waals surface area contributed by atoms with Crippen molar-refractivity contribution in [3.8, 4) is 6.07 Å². The maximum atomic E-state index is 13.8. The van der Waals surface area contributed by atoms with E-state index in [2.05, 4.69) is 4.98 Å². The lowest BCUT2D eigenvalue weighted by atomic mass is 10.1.